The number of likely N-dealkylation sites (N-methyl/N-ethyl adjacent to an activating group) is 1. The third-order valence-corrected chi connectivity index (χ3v) is 3.04. The largest absolute Gasteiger partial charge is 0.497 e. The Morgan fingerprint density at radius 1 is 1.41 bits per heavy atom. The van der Waals surface area contributed by atoms with Gasteiger partial charge in [-0.15, -0.1) is 0 Å². The Balaban J connectivity index is 2.09. The predicted octanol–water partition coefficient (Wildman–Crippen LogP) is 2.65. The Bertz CT molecular complexity index is 403. The van der Waals surface area contributed by atoms with Gasteiger partial charge in [-0.25, -0.2) is 4.39 Å². The van der Waals surface area contributed by atoms with E-state index in [0.29, 0.717) is 6.42 Å². The van der Waals surface area contributed by atoms with Gasteiger partial charge in [-0.3, -0.25) is 0 Å². The van der Waals surface area contributed by atoms with Gasteiger partial charge in [-0.05, 0) is 44.0 Å². The normalized spacial score (nSPS) is 17.2. The predicted molar refractivity (Wildman–Crippen MR) is 66.2 cm³/mol. The maximum Gasteiger partial charge on any atom is 0.126 e. The molecule has 0 fully saturated rings. The molecular weight excluding hydrogens is 217 g/mol. The third-order valence-electron chi connectivity index (χ3n) is 3.04. The van der Waals surface area contributed by atoms with Crippen LogP contribution in [0.15, 0.2) is 36.1 Å². The molecule has 0 aliphatic carbocycles. The monoisotopic (exact) mass is 235 g/mol. The SMILES string of the molecule is CNC(Cc1ccccc1F)C1=CCCCO1. The van der Waals surface area contributed by atoms with Gasteiger partial charge in [-0.1, -0.05) is 18.2 Å². The average Bonchev–Trinajstić information content (AvgIpc) is 2.39. The van der Waals surface area contributed by atoms with E-state index in [-0.39, 0.29) is 11.9 Å². The number of hydrogen-bond donors (Lipinski definition) is 1. The minimum absolute atomic E-state index is 0.0622. The van der Waals surface area contributed by atoms with Gasteiger partial charge in [0, 0.05) is 0 Å². The zero-order valence-corrected chi connectivity index (χ0v) is 10.1. The zero-order chi connectivity index (χ0) is 12.1. The van der Waals surface area contributed by atoms with Crippen molar-refractivity contribution in [2.24, 2.45) is 0 Å². The van der Waals surface area contributed by atoms with E-state index in [1.807, 2.05) is 19.2 Å². The highest BCUT2D eigenvalue weighted by molar-refractivity contribution is 5.21. The van der Waals surface area contributed by atoms with Crippen molar-refractivity contribution >= 4 is 0 Å². The molecule has 1 aromatic carbocycles. The lowest BCUT2D eigenvalue weighted by atomic mass is 10.0. The van der Waals surface area contributed by atoms with Gasteiger partial charge < -0.3 is 10.1 Å². The molecule has 3 heteroatoms. The first kappa shape index (κ1) is 12.1. The maximum atomic E-state index is 13.6. The van der Waals surface area contributed by atoms with E-state index >= 15 is 0 Å². The van der Waals surface area contributed by atoms with Crippen molar-refractivity contribution in [3.63, 3.8) is 0 Å². The van der Waals surface area contributed by atoms with Crippen molar-refractivity contribution in [3.05, 3.63) is 47.5 Å². The summed E-state index contributed by atoms with van der Waals surface area (Å²) in [6, 6.07) is 6.96. The minimum Gasteiger partial charge on any atom is -0.497 e. The summed E-state index contributed by atoms with van der Waals surface area (Å²) in [7, 11) is 1.88. The highest BCUT2D eigenvalue weighted by Gasteiger charge is 2.17. The van der Waals surface area contributed by atoms with Crippen LogP contribution < -0.4 is 5.32 Å². The highest BCUT2D eigenvalue weighted by atomic mass is 19.1. The highest BCUT2D eigenvalue weighted by Crippen LogP contribution is 2.18. The van der Waals surface area contributed by atoms with Gasteiger partial charge in [0.1, 0.15) is 11.6 Å². The summed E-state index contributed by atoms with van der Waals surface area (Å²) in [6.45, 7) is 0.765. The number of ether oxygens (including phenoxy) is 1. The van der Waals surface area contributed by atoms with Gasteiger partial charge in [0.25, 0.3) is 0 Å². The van der Waals surface area contributed by atoms with Gasteiger partial charge in [-0.2, -0.15) is 0 Å². The molecule has 0 spiro atoms. The van der Waals surface area contributed by atoms with Crippen LogP contribution in [0.3, 0.4) is 0 Å². The Labute approximate surface area is 101 Å². The first-order valence-electron chi connectivity index (χ1n) is 6.05. The molecule has 2 rings (SSSR count). The van der Waals surface area contributed by atoms with Crippen LogP contribution in [0.2, 0.25) is 0 Å². The molecular formula is C14H18FNO. The van der Waals surface area contributed by atoms with Crippen LogP contribution in [0.5, 0.6) is 0 Å². The molecule has 1 aliphatic rings. The summed E-state index contributed by atoms with van der Waals surface area (Å²) in [5, 5.41) is 3.19. The Kier molecular flexibility index (Phi) is 4.15. The molecule has 1 aromatic rings. The molecule has 0 saturated carbocycles. The fourth-order valence-electron chi connectivity index (χ4n) is 2.05. The van der Waals surface area contributed by atoms with Crippen LogP contribution in [-0.2, 0) is 11.2 Å². The molecule has 1 N–H and O–H groups in total. The number of halogens is 1. The summed E-state index contributed by atoms with van der Waals surface area (Å²) in [5.74, 6) is 0.797. The molecule has 1 unspecified atom stereocenters. The fraction of sp³-hybridized carbons (Fsp3) is 0.429. The Morgan fingerprint density at radius 3 is 2.88 bits per heavy atom. The second-order valence-electron chi connectivity index (χ2n) is 4.23. The third kappa shape index (κ3) is 3.07. The molecule has 92 valence electrons. The van der Waals surface area contributed by atoms with E-state index in [0.717, 1.165) is 30.8 Å². The molecule has 0 radical (unpaired) electrons. The Morgan fingerprint density at radius 2 is 2.24 bits per heavy atom. The number of allylic oxidation sites excluding steroid dienone is 1. The summed E-state index contributed by atoms with van der Waals surface area (Å²) in [4.78, 5) is 0. The molecule has 17 heavy (non-hydrogen) atoms. The van der Waals surface area contributed by atoms with Crippen LogP contribution in [0.1, 0.15) is 18.4 Å². The van der Waals surface area contributed by atoms with Crippen molar-refractivity contribution in [3.8, 4) is 0 Å². The van der Waals surface area contributed by atoms with Crippen LogP contribution in [0.25, 0.3) is 0 Å². The first-order valence-corrected chi connectivity index (χ1v) is 6.05. The van der Waals surface area contributed by atoms with Crippen LogP contribution in [0.4, 0.5) is 4.39 Å². The van der Waals surface area contributed by atoms with E-state index in [1.54, 1.807) is 6.07 Å². The molecule has 1 aliphatic heterocycles. The number of benzene rings is 1. The van der Waals surface area contributed by atoms with E-state index in [9.17, 15) is 4.39 Å². The molecule has 0 amide bonds. The van der Waals surface area contributed by atoms with Gasteiger partial charge in [0.05, 0.1) is 12.6 Å². The molecule has 0 saturated heterocycles. The van der Waals surface area contributed by atoms with E-state index in [1.165, 1.54) is 6.07 Å². The molecule has 0 bridgehead atoms. The summed E-state index contributed by atoms with van der Waals surface area (Å²) < 4.78 is 19.2. The number of nitrogens with one attached hydrogen (secondary N) is 1. The smallest absolute Gasteiger partial charge is 0.126 e. The first-order chi connectivity index (χ1) is 8.31. The van der Waals surface area contributed by atoms with Crippen molar-refractivity contribution in [1.82, 2.24) is 5.32 Å². The van der Waals surface area contributed by atoms with Gasteiger partial charge in [0.2, 0.25) is 0 Å². The van der Waals surface area contributed by atoms with Gasteiger partial charge in [0.15, 0.2) is 0 Å². The van der Waals surface area contributed by atoms with Crippen molar-refractivity contribution in [2.45, 2.75) is 25.3 Å². The van der Waals surface area contributed by atoms with Gasteiger partial charge >= 0.3 is 0 Å². The van der Waals surface area contributed by atoms with Crippen molar-refractivity contribution in [1.29, 1.82) is 0 Å². The second-order valence-corrected chi connectivity index (χ2v) is 4.23. The minimum atomic E-state index is -0.149. The lowest BCUT2D eigenvalue weighted by molar-refractivity contribution is 0.169. The summed E-state index contributed by atoms with van der Waals surface area (Å²) in [6.07, 6.45) is 4.84. The maximum absolute atomic E-state index is 13.6. The van der Waals surface area contributed by atoms with E-state index in [4.69, 9.17) is 4.74 Å². The molecule has 1 atom stereocenters. The second kappa shape index (κ2) is 5.82. The summed E-state index contributed by atoms with van der Waals surface area (Å²) >= 11 is 0. The van der Waals surface area contributed by atoms with E-state index in [2.05, 4.69) is 11.4 Å². The van der Waals surface area contributed by atoms with E-state index < -0.39 is 0 Å². The van der Waals surface area contributed by atoms with Crippen LogP contribution >= 0.6 is 0 Å². The average molecular weight is 235 g/mol. The number of rotatable bonds is 4. The number of hydrogen-bond acceptors (Lipinski definition) is 2. The topological polar surface area (TPSA) is 21.3 Å². The molecule has 2 nitrogen and oxygen atoms in total. The molecule has 0 aromatic heterocycles. The standard InChI is InChI=1S/C14H18FNO/c1-16-13(14-8-4-5-9-17-14)10-11-6-2-3-7-12(11)15/h2-3,6-8,13,16H,4-5,9-10H2,1H3. The van der Waals surface area contributed by atoms with Crippen molar-refractivity contribution in [2.75, 3.05) is 13.7 Å². The van der Waals surface area contributed by atoms with Crippen LogP contribution in [0, 0.1) is 5.82 Å². The van der Waals surface area contributed by atoms with Crippen molar-refractivity contribution < 1.29 is 9.13 Å². The van der Waals surface area contributed by atoms with Crippen LogP contribution in [-0.4, -0.2) is 19.7 Å². The zero-order valence-electron chi connectivity index (χ0n) is 10.1. The fourth-order valence-corrected chi connectivity index (χ4v) is 2.05. The molecule has 1 heterocycles. The quantitative estimate of drug-likeness (QED) is 0.866. The lowest BCUT2D eigenvalue weighted by Crippen LogP contribution is -2.32. The Hall–Kier alpha value is -1.35. The summed E-state index contributed by atoms with van der Waals surface area (Å²) in [5.41, 5.74) is 0.724. The lowest BCUT2D eigenvalue weighted by Gasteiger charge is -2.23.